The van der Waals surface area contributed by atoms with Gasteiger partial charge in [-0.3, -0.25) is 4.79 Å². The van der Waals surface area contributed by atoms with Crippen LogP contribution >= 0.6 is 0 Å². The number of rotatable bonds is 6. The van der Waals surface area contributed by atoms with E-state index in [9.17, 15) is 4.79 Å². The van der Waals surface area contributed by atoms with Gasteiger partial charge in [0, 0.05) is 12.6 Å². The number of benzene rings is 1. The Bertz CT molecular complexity index is 341. The predicted octanol–water partition coefficient (Wildman–Crippen LogP) is 0.708. The van der Waals surface area contributed by atoms with Gasteiger partial charge in [0.05, 0.1) is 7.11 Å². The lowest BCUT2D eigenvalue weighted by Crippen LogP contribution is -2.43. The molecule has 1 aromatic rings. The van der Waals surface area contributed by atoms with Gasteiger partial charge in [-0.15, -0.1) is 0 Å². The molecule has 0 aromatic heterocycles. The molecular formula is C13H20N2O2. The molecular weight excluding hydrogens is 216 g/mol. The monoisotopic (exact) mass is 236 g/mol. The summed E-state index contributed by atoms with van der Waals surface area (Å²) >= 11 is 0. The molecule has 0 aliphatic carbocycles. The van der Waals surface area contributed by atoms with Gasteiger partial charge in [-0.2, -0.15) is 0 Å². The highest BCUT2D eigenvalue weighted by Crippen LogP contribution is 2.01. The Kier molecular flexibility index (Phi) is 5.66. The quantitative estimate of drug-likeness (QED) is 0.714. The number of hydrogen-bond acceptors (Lipinski definition) is 4. The number of carbonyl (C=O) groups excluding carboxylic acids is 1. The molecule has 4 nitrogen and oxygen atoms in total. The van der Waals surface area contributed by atoms with Crippen LogP contribution in [0.25, 0.3) is 0 Å². The van der Waals surface area contributed by atoms with Crippen LogP contribution in [0.1, 0.15) is 12.5 Å². The highest BCUT2D eigenvalue weighted by Gasteiger charge is 2.13. The maximum absolute atomic E-state index is 11.2. The van der Waals surface area contributed by atoms with Crippen molar-refractivity contribution < 1.29 is 9.53 Å². The van der Waals surface area contributed by atoms with E-state index < -0.39 is 0 Å². The number of nitrogens with one attached hydrogen (secondary N) is 1. The van der Waals surface area contributed by atoms with Crippen LogP contribution in [0.5, 0.6) is 0 Å². The van der Waals surface area contributed by atoms with Crippen molar-refractivity contribution in [2.45, 2.75) is 25.4 Å². The fourth-order valence-corrected chi connectivity index (χ4v) is 1.58. The smallest absolute Gasteiger partial charge is 0.322 e. The summed E-state index contributed by atoms with van der Waals surface area (Å²) in [6.07, 6.45) is 0.793. The zero-order chi connectivity index (χ0) is 12.7. The topological polar surface area (TPSA) is 64.3 Å². The van der Waals surface area contributed by atoms with Crippen LogP contribution in [0.2, 0.25) is 0 Å². The summed E-state index contributed by atoms with van der Waals surface area (Å²) in [5.41, 5.74) is 7.18. The van der Waals surface area contributed by atoms with Crippen LogP contribution in [0.15, 0.2) is 30.3 Å². The van der Waals surface area contributed by atoms with Gasteiger partial charge in [0.2, 0.25) is 0 Å². The van der Waals surface area contributed by atoms with Crippen molar-refractivity contribution in [2.24, 2.45) is 5.73 Å². The first-order valence-electron chi connectivity index (χ1n) is 5.74. The average Bonchev–Trinajstić information content (AvgIpc) is 2.36. The highest BCUT2D eigenvalue weighted by atomic mass is 16.5. The van der Waals surface area contributed by atoms with Gasteiger partial charge in [0.15, 0.2) is 0 Å². The van der Waals surface area contributed by atoms with Gasteiger partial charge >= 0.3 is 5.97 Å². The molecule has 0 bridgehead atoms. The molecule has 1 aromatic carbocycles. The Hall–Kier alpha value is -1.39. The molecule has 4 heteroatoms. The van der Waals surface area contributed by atoms with E-state index >= 15 is 0 Å². The van der Waals surface area contributed by atoms with Gasteiger partial charge in [-0.25, -0.2) is 0 Å². The Morgan fingerprint density at radius 3 is 2.65 bits per heavy atom. The maximum Gasteiger partial charge on any atom is 0.322 e. The standard InChI is InChI=1S/C13H20N2O2/c1-10(13(16)17-2)15-9-12(14)8-11-6-4-3-5-7-11/h3-7,10,12,15H,8-9,14H2,1-2H3/t10-,12-/m0/s1. The molecule has 0 saturated heterocycles. The van der Waals surface area contributed by atoms with E-state index in [1.54, 1.807) is 6.92 Å². The number of methoxy groups -OCH3 is 1. The first kappa shape index (κ1) is 13.7. The maximum atomic E-state index is 11.2. The second kappa shape index (κ2) is 7.04. The summed E-state index contributed by atoms with van der Waals surface area (Å²) in [6.45, 7) is 2.35. The van der Waals surface area contributed by atoms with Crippen molar-refractivity contribution in [3.63, 3.8) is 0 Å². The van der Waals surface area contributed by atoms with Gasteiger partial charge in [-0.05, 0) is 18.9 Å². The number of esters is 1. The first-order valence-corrected chi connectivity index (χ1v) is 5.74. The van der Waals surface area contributed by atoms with Gasteiger partial charge in [-0.1, -0.05) is 30.3 Å². The summed E-state index contributed by atoms with van der Waals surface area (Å²) in [5.74, 6) is -0.267. The summed E-state index contributed by atoms with van der Waals surface area (Å²) in [5, 5.41) is 3.05. The van der Waals surface area contributed by atoms with Crippen molar-refractivity contribution >= 4 is 5.97 Å². The lowest BCUT2D eigenvalue weighted by molar-refractivity contribution is -0.142. The molecule has 0 unspecified atom stereocenters. The number of ether oxygens (including phenoxy) is 1. The van der Waals surface area contributed by atoms with Crippen molar-refractivity contribution in [1.29, 1.82) is 0 Å². The molecule has 0 saturated carbocycles. The molecule has 0 amide bonds. The Morgan fingerprint density at radius 2 is 2.06 bits per heavy atom. The van der Waals surface area contributed by atoms with Gasteiger partial charge in [0.1, 0.15) is 6.04 Å². The largest absolute Gasteiger partial charge is 0.468 e. The van der Waals surface area contributed by atoms with E-state index in [-0.39, 0.29) is 18.1 Å². The summed E-state index contributed by atoms with van der Waals surface area (Å²) in [6, 6.07) is 9.73. The van der Waals surface area contributed by atoms with Crippen LogP contribution in [0, 0.1) is 0 Å². The first-order chi connectivity index (χ1) is 8.13. The lowest BCUT2D eigenvalue weighted by atomic mass is 10.1. The second-order valence-electron chi connectivity index (χ2n) is 4.10. The summed E-state index contributed by atoms with van der Waals surface area (Å²) in [7, 11) is 1.38. The predicted molar refractivity (Wildman–Crippen MR) is 67.6 cm³/mol. The van der Waals surface area contributed by atoms with E-state index in [1.807, 2.05) is 30.3 Å². The van der Waals surface area contributed by atoms with Crippen LogP contribution < -0.4 is 11.1 Å². The number of hydrogen-bond donors (Lipinski definition) is 2. The third kappa shape index (κ3) is 4.97. The Labute approximate surface area is 102 Å². The molecule has 3 N–H and O–H groups in total. The zero-order valence-electron chi connectivity index (χ0n) is 10.3. The fourth-order valence-electron chi connectivity index (χ4n) is 1.58. The van der Waals surface area contributed by atoms with E-state index in [2.05, 4.69) is 10.1 Å². The van der Waals surface area contributed by atoms with Gasteiger partial charge in [0.25, 0.3) is 0 Å². The minimum Gasteiger partial charge on any atom is -0.468 e. The fraction of sp³-hybridized carbons (Fsp3) is 0.462. The third-order valence-corrected chi connectivity index (χ3v) is 2.58. The minimum absolute atomic E-state index is 0.00972. The van der Waals surface area contributed by atoms with E-state index in [4.69, 9.17) is 5.73 Å². The van der Waals surface area contributed by atoms with E-state index in [0.29, 0.717) is 6.54 Å². The molecule has 17 heavy (non-hydrogen) atoms. The Morgan fingerprint density at radius 1 is 1.41 bits per heavy atom. The normalized spacial score (nSPS) is 14.1. The molecule has 0 aliphatic heterocycles. The van der Waals surface area contributed by atoms with Crippen molar-refractivity contribution in [3.8, 4) is 0 Å². The van der Waals surface area contributed by atoms with Crippen LogP contribution in [0.3, 0.4) is 0 Å². The van der Waals surface area contributed by atoms with Crippen molar-refractivity contribution in [2.75, 3.05) is 13.7 Å². The molecule has 94 valence electrons. The van der Waals surface area contributed by atoms with Crippen LogP contribution in [0.4, 0.5) is 0 Å². The molecule has 1 rings (SSSR count). The SMILES string of the molecule is COC(=O)[C@H](C)NC[C@@H](N)Cc1ccccc1. The highest BCUT2D eigenvalue weighted by molar-refractivity contribution is 5.75. The number of nitrogens with two attached hydrogens (primary N) is 1. The van der Waals surface area contributed by atoms with E-state index in [0.717, 1.165) is 6.42 Å². The molecule has 2 atom stereocenters. The third-order valence-electron chi connectivity index (χ3n) is 2.58. The summed E-state index contributed by atoms with van der Waals surface area (Å²) in [4.78, 5) is 11.2. The lowest BCUT2D eigenvalue weighted by Gasteiger charge is -2.16. The molecule has 0 spiro atoms. The average molecular weight is 236 g/mol. The summed E-state index contributed by atoms with van der Waals surface area (Å²) < 4.78 is 4.62. The minimum atomic E-state index is -0.318. The molecule has 0 fully saturated rings. The van der Waals surface area contributed by atoms with Crippen LogP contribution in [-0.4, -0.2) is 31.7 Å². The Balaban J connectivity index is 2.31. The van der Waals surface area contributed by atoms with Crippen molar-refractivity contribution in [3.05, 3.63) is 35.9 Å². The second-order valence-corrected chi connectivity index (χ2v) is 4.10. The number of carbonyl (C=O) groups is 1. The molecule has 0 aliphatic rings. The molecule has 0 heterocycles. The van der Waals surface area contributed by atoms with Gasteiger partial charge < -0.3 is 15.8 Å². The zero-order valence-corrected chi connectivity index (χ0v) is 10.3. The van der Waals surface area contributed by atoms with Crippen molar-refractivity contribution in [1.82, 2.24) is 5.32 Å². The van der Waals surface area contributed by atoms with E-state index in [1.165, 1.54) is 12.7 Å². The molecule has 0 radical (unpaired) electrons. The van der Waals surface area contributed by atoms with Crippen LogP contribution in [-0.2, 0) is 16.0 Å².